The normalized spacial score (nSPS) is 11.5. The van der Waals surface area contributed by atoms with Crippen molar-refractivity contribution in [3.05, 3.63) is 71.8 Å². The molecule has 1 amide bonds. The van der Waals surface area contributed by atoms with Crippen LogP contribution in [-0.4, -0.2) is 40.6 Å². The van der Waals surface area contributed by atoms with E-state index in [2.05, 4.69) is 30.6 Å². The number of nitriles is 1. The predicted octanol–water partition coefficient (Wildman–Crippen LogP) is 3.69. The lowest BCUT2D eigenvalue weighted by Crippen LogP contribution is -2.21. The van der Waals surface area contributed by atoms with Crippen LogP contribution in [0.1, 0.15) is 28.8 Å². The Morgan fingerprint density at radius 3 is 2.63 bits per heavy atom. The molecule has 35 heavy (non-hydrogen) atoms. The lowest BCUT2D eigenvalue weighted by molar-refractivity contribution is -0.143. The first-order valence-corrected chi connectivity index (χ1v) is 9.85. The Bertz CT molecular complexity index is 1620. The number of nitrogens with zero attached hydrogens (tertiary/aromatic N) is 8. The summed E-state index contributed by atoms with van der Waals surface area (Å²) in [7, 11) is 0. The summed E-state index contributed by atoms with van der Waals surface area (Å²) >= 11 is 0. The van der Waals surface area contributed by atoms with E-state index in [-0.39, 0.29) is 29.8 Å². The Hall–Kier alpha value is -5.06. The van der Waals surface area contributed by atoms with Gasteiger partial charge in [-0.1, -0.05) is 0 Å². The van der Waals surface area contributed by atoms with E-state index in [9.17, 15) is 23.2 Å². The molecule has 0 atom stereocenters. The Balaban J connectivity index is 0.00000304. The predicted molar refractivity (Wildman–Crippen MR) is 115 cm³/mol. The van der Waals surface area contributed by atoms with Gasteiger partial charge in [0.2, 0.25) is 0 Å². The van der Waals surface area contributed by atoms with E-state index in [4.69, 9.17) is 4.42 Å². The fourth-order valence-electron chi connectivity index (χ4n) is 3.47. The van der Waals surface area contributed by atoms with Crippen molar-refractivity contribution < 1.29 is 23.8 Å². The molecule has 1 N–H and O–H groups in total. The standard InChI is InChI=1S/C21H12F3N9O2.H2/c1-11-6-15-17(35-11)16(2-3-26-15)32-18(21(22,23)24)14(10-30-32)20(34)31-13-7-12(8-25)19(27-9-13)33-28-4-5-29-33;/h2-7,9-10H,1H3,(H,31,34);1H. The first-order valence-electron chi connectivity index (χ1n) is 9.85. The average molecular weight is 481 g/mol. The fourth-order valence-corrected chi connectivity index (χ4v) is 3.47. The molecule has 0 aromatic carbocycles. The number of anilines is 1. The third-order valence-electron chi connectivity index (χ3n) is 4.88. The molecule has 0 unspecified atom stereocenters. The molecule has 0 saturated heterocycles. The van der Waals surface area contributed by atoms with Crippen molar-refractivity contribution in [2.45, 2.75) is 13.1 Å². The van der Waals surface area contributed by atoms with E-state index in [0.29, 0.717) is 16.0 Å². The summed E-state index contributed by atoms with van der Waals surface area (Å²) in [5.74, 6) is -0.553. The van der Waals surface area contributed by atoms with Gasteiger partial charge >= 0.3 is 6.18 Å². The second-order valence-electron chi connectivity index (χ2n) is 7.20. The number of furan rings is 1. The smallest absolute Gasteiger partial charge is 0.434 e. The minimum Gasteiger partial charge on any atom is -0.457 e. The Morgan fingerprint density at radius 2 is 1.91 bits per heavy atom. The number of pyridine rings is 2. The second-order valence-corrected chi connectivity index (χ2v) is 7.20. The Kier molecular flexibility index (Phi) is 5.01. The number of aryl methyl sites for hydroxylation is 1. The summed E-state index contributed by atoms with van der Waals surface area (Å²) in [4.78, 5) is 22.1. The van der Waals surface area contributed by atoms with Crippen LogP contribution in [0, 0.1) is 18.3 Å². The lowest BCUT2D eigenvalue weighted by atomic mass is 10.2. The van der Waals surface area contributed by atoms with Gasteiger partial charge in [0.05, 0.1) is 36.0 Å². The van der Waals surface area contributed by atoms with Gasteiger partial charge < -0.3 is 9.73 Å². The van der Waals surface area contributed by atoms with Gasteiger partial charge in [-0.3, -0.25) is 9.78 Å². The average Bonchev–Trinajstić information content (AvgIpc) is 3.56. The number of aromatic nitrogens is 7. The minimum absolute atomic E-state index is 0. The van der Waals surface area contributed by atoms with Crippen LogP contribution in [0.3, 0.4) is 0 Å². The number of hydrogen-bond acceptors (Lipinski definition) is 8. The van der Waals surface area contributed by atoms with Crippen molar-refractivity contribution in [1.29, 1.82) is 5.26 Å². The summed E-state index contributed by atoms with van der Waals surface area (Å²) in [5, 5.41) is 23.3. The summed E-state index contributed by atoms with van der Waals surface area (Å²) in [6, 6.07) is 6.02. The maximum Gasteiger partial charge on any atom is 0.434 e. The molecule has 0 aliphatic rings. The van der Waals surface area contributed by atoms with Crippen LogP contribution in [0.2, 0.25) is 0 Å². The minimum atomic E-state index is -4.94. The van der Waals surface area contributed by atoms with Crippen molar-refractivity contribution in [1.82, 2.24) is 34.7 Å². The lowest BCUT2D eigenvalue weighted by Gasteiger charge is -2.13. The van der Waals surface area contributed by atoms with Gasteiger partial charge in [-0.15, -0.1) is 4.80 Å². The van der Waals surface area contributed by atoms with Crippen LogP contribution in [0.15, 0.2) is 53.6 Å². The highest BCUT2D eigenvalue weighted by atomic mass is 19.4. The largest absolute Gasteiger partial charge is 0.457 e. The molecule has 0 fully saturated rings. The molecule has 176 valence electrons. The van der Waals surface area contributed by atoms with E-state index < -0.39 is 23.3 Å². The highest BCUT2D eigenvalue weighted by Gasteiger charge is 2.41. The summed E-state index contributed by atoms with van der Waals surface area (Å²) in [5.41, 5.74) is -1.63. The third-order valence-corrected chi connectivity index (χ3v) is 4.88. The van der Waals surface area contributed by atoms with Gasteiger partial charge in [0.15, 0.2) is 17.1 Å². The van der Waals surface area contributed by atoms with Gasteiger partial charge in [0, 0.05) is 13.7 Å². The maximum absolute atomic E-state index is 14.1. The molecule has 0 bridgehead atoms. The van der Waals surface area contributed by atoms with Crippen molar-refractivity contribution in [2.75, 3.05) is 5.32 Å². The second kappa shape index (κ2) is 8.06. The van der Waals surface area contributed by atoms with Crippen LogP contribution in [0.4, 0.5) is 18.9 Å². The van der Waals surface area contributed by atoms with E-state index in [1.807, 2.05) is 6.07 Å². The van der Waals surface area contributed by atoms with Gasteiger partial charge in [0.25, 0.3) is 5.91 Å². The van der Waals surface area contributed by atoms with Crippen LogP contribution < -0.4 is 5.32 Å². The third kappa shape index (κ3) is 3.84. The summed E-state index contributed by atoms with van der Waals surface area (Å²) in [6.07, 6.45) is 1.13. The van der Waals surface area contributed by atoms with Gasteiger partial charge in [-0.2, -0.15) is 33.7 Å². The fraction of sp³-hybridized carbons (Fsp3) is 0.0952. The number of carbonyl (C=O) groups is 1. The molecule has 0 spiro atoms. The van der Waals surface area contributed by atoms with Gasteiger partial charge in [-0.05, 0) is 19.1 Å². The van der Waals surface area contributed by atoms with Crippen molar-refractivity contribution in [2.24, 2.45) is 0 Å². The Labute approximate surface area is 194 Å². The molecule has 0 saturated carbocycles. The molecule has 14 heteroatoms. The number of alkyl halides is 3. The van der Waals surface area contributed by atoms with Crippen LogP contribution in [0.25, 0.3) is 22.6 Å². The van der Waals surface area contributed by atoms with Crippen molar-refractivity contribution in [3.63, 3.8) is 0 Å². The van der Waals surface area contributed by atoms with E-state index in [1.54, 1.807) is 13.0 Å². The molecular formula is C21H14F3N9O2. The van der Waals surface area contributed by atoms with E-state index in [1.165, 1.54) is 36.9 Å². The van der Waals surface area contributed by atoms with Gasteiger partial charge in [-0.25, -0.2) is 9.67 Å². The number of halogens is 3. The topological polar surface area (TPSA) is 140 Å². The quantitative estimate of drug-likeness (QED) is 0.410. The number of carbonyl (C=O) groups excluding carboxylic acids is 1. The van der Waals surface area contributed by atoms with Gasteiger partial charge in [0.1, 0.15) is 28.6 Å². The SMILES string of the molecule is Cc1cc2nccc(-n3ncc(C(=O)Nc4cnc(-n5nccn5)c(C#N)c4)c3C(F)(F)F)c2o1.[HH]. The zero-order valence-corrected chi connectivity index (χ0v) is 17.6. The van der Waals surface area contributed by atoms with E-state index in [0.717, 1.165) is 11.0 Å². The summed E-state index contributed by atoms with van der Waals surface area (Å²) < 4.78 is 48.4. The zero-order valence-electron chi connectivity index (χ0n) is 17.6. The molecular weight excluding hydrogens is 467 g/mol. The highest BCUT2D eigenvalue weighted by molar-refractivity contribution is 6.05. The molecule has 11 nitrogen and oxygen atoms in total. The molecule has 5 aromatic rings. The molecule has 5 heterocycles. The molecule has 5 aromatic heterocycles. The first kappa shape index (κ1) is 21.8. The number of rotatable bonds is 4. The zero-order chi connectivity index (χ0) is 24.7. The number of hydrogen-bond donors (Lipinski definition) is 1. The monoisotopic (exact) mass is 481 g/mol. The molecule has 5 rings (SSSR count). The van der Waals surface area contributed by atoms with Crippen LogP contribution >= 0.6 is 0 Å². The first-order chi connectivity index (χ1) is 16.8. The molecule has 0 aliphatic heterocycles. The van der Waals surface area contributed by atoms with Crippen LogP contribution in [-0.2, 0) is 6.18 Å². The van der Waals surface area contributed by atoms with Crippen molar-refractivity contribution in [3.8, 4) is 17.6 Å². The maximum atomic E-state index is 14.1. The van der Waals surface area contributed by atoms with Crippen molar-refractivity contribution >= 4 is 22.7 Å². The highest BCUT2D eigenvalue weighted by Crippen LogP contribution is 2.35. The number of amides is 1. The number of nitrogens with one attached hydrogen (secondary N) is 1. The molecule has 0 radical (unpaired) electrons. The van der Waals surface area contributed by atoms with Crippen LogP contribution in [0.5, 0.6) is 0 Å². The Morgan fingerprint density at radius 1 is 1.14 bits per heavy atom. The number of fused-ring (bicyclic) bond motifs is 1. The molecule has 0 aliphatic carbocycles. The van der Waals surface area contributed by atoms with E-state index >= 15 is 0 Å². The summed E-state index contributed by atoms with van der Waals surface area (Å²) in [6.45, 7) is 1.63.